The summed E-state index contributed by atoms with van der Waals surface area (Å²) >= 11 is 5.82. The van der Waals surface area contributed by atoms with Crippen LogP contribution in [-0.4, -0.2) is 65.1 Å². The number of nitrogens with zero attached hydrogens (tertiary/aromatic N) is 6. The normalized spacial score (nSPS) is 11.6. The van der Waals surface area contributed by atoms with E-state index in [1.165, 1.54) is 71.3 Å². The molecule has 5 aromatic heterocycles. The Kier molecular flexibility index (Phi) is 19.8. The van der Waals surface area contributed by atoms with Gasteiger partial charge in [0.25, 0.3) is 11.1 Å². The third-order valence-electron chi connectivity index (χ3n) is 7.60. The first kappa shape index (κ1) is 55.0. The Morgan fingerprint density at radius 3 is 1.66 bits per heavy atom. The second-order valence-electron chi connectivity index (χ2n) is 14.3. The van der Waals surface area contributed by atoms with Gasteiger partial charge in [-0.25, -0.2) is 15.0 Å². The van der Waals surface area contributed by atoms with Gasteiger partial charge in [-0.2, -0.15) is 26.3 Å². The summed E-state index contributed by atoms with van der Waals surface area (Å²) in [6, 6.07) is 9.28. The predicted octanol–water partition coefficient (Wildman–Crippen LogP) is 6.25. The Balaban J connectivity index is 0.000000423. The van der Waals surface area contributed by atoms with Crippen molar-refractivity contribution in [3.05, 3.63) is 114 Å². The average molecular weight is 964 g/mol. The van der Waals surface area contributed by atoms with Crippen LogP contribution >= 0.6 is 28.7 Å². The number of nitrogens with two attached hydrogens (primary N) is 1. The van der Waals surface area contributed by atoms with Crippen LogP contribution in [0.3, 0.4) is 0 Å². The fourth-order valence-corrected chi connectivity index (χ4v) is 5.06. The summed E-state index contributed by atoms with van der Waals surface area (Å²) in [4.78, 5) is 54.8. The van der Waals surface area contributed by atoms with E-state index in [0.29, 0.717) is 29.6 Å². The molecule has 1 radical (unpaired) electrons. The van der Waals surface area contributed by atoms with Gasteiger partial charge in [0.15, 0.2) is 11.4 Å². The van der Waals surface area contributed by atoms with Gasteiger partial charge in [-0.1, -0.05) is 0 Å². The number of thiol groups is 1. The van der Waals surface area contributed by atoms with Crippen LogP contribution in [0.1, 0.15) is 89.9 Å². The van der Waals surface area contributed by atoms with Crippen LogP contribution in [0.5, 0.6) is 0 Å². The number of carbonyl (C=O) groups is 2. The van der Waals surface area contributed by atoms with E-state index in [1.807, 2.05) is 0 Å². The maximum absolute atomic E-state index is 12.8. The minimum absolute atomic E-state index is 0.103. The van der Waals surface area contributed by atoms with Crippen LogP contribution in [0.15, 0.2) is 79.4 Å². The maximum atomic E-state index is 12.8. The average Bonchev–Trinajstić information content (AvgIpc) is 3.12. The van der Waals surface area contributed by atoms with Gasteiger partial charge in [-0.3, -0.25) is 28.0 Å². The molecule has 5 rings (SSSR count). The van der Waals surface area contributed by atoms with Gasteiger partial charge in [-0.05, 0) is 124 Å². The number of carbonyl (C=O) groups excluding carboxylic acids is 2. The zero-order valence-corrected chi connectivity index (χ0v) is 37.0. The third kappa shape index (κ3) is 17.4. The van der Waals surface area contributed by atoms with Gasteiger partial charge in [-0.15, -0.1) is 0 Å². The third-order valence-corrected chi connectivity index (χ3v) is 8.32. The molecular weight excluding hydrogens is 919 g/mol. The fraction of sp³-hybridized carbons (Fsp3) is 0.395. The number of pyridine rings is 3. The van der Waals surface area contributed by atoms with Gasteiger partial charge in [0.2, 0.25) is 0 Å². The number of aromatic nitrogens is 5. The van der Waals surface area contributed by atoms with Gasteiger partial charge < -0.3 is 25.8 Å². The van der Waals surface area contributed by atoms with E-state index < -0.39 is 62.1 Å². The standard InChI is InChI=1S/C12H10BrF3N2O2.C12H11F3N2O2.C8H12N2O.C6H10O3.BHNS/c1-11(2,20)6-3-4-18-7(5-6)17-9(12(14,15)16)8(13)10(18)19;1-11(2,19)7-3-4-17-9(5-7)16-8(6-10(17)18)12(13,14)15;1-8(2,11)6-3-4-10-7(9)5-6;1-3-9-6(8)4-5(2)7;1-2-3/h3-5,20H,1-2H3;3-6,19H,1-2H3;3-5,11H,1-2H3,(H2,9,10);3-4H2,1-2H3;3H. The van der Waals surface area contributed by atoms with Crippen molar-refractivity contribution in [1.82, 2.24) is 23.8 Å². The van der Waals surface area contributed by atoms with Crippen LogP contribution in [0.2, 0.25) is 0 Å². The van der Waals surface area contributed by atoms with Crippen molar-refractivity contribution in [3.63, 3.8) is 0 Å². The number of halogens is 7. The molecule has 0 atom stereocenters. The Labute approximate surface area is 365 Å². The summed E-state index contributed by atoms with van der Waals surface area (Å²) in [6.45, 7) is 12.8. The first-order valence-electron chi connectivity index (χ1n) is 17.7. The van der Waals surface area contributed by atoms with Gasteiger partial charge in [0.1, 0.15) is 33.8 Å². The molecule has 0 amide bonds. The van der Waals surface area contributed by atoms with E-state index in [4.69, 9.17) is 5.73 Å². The molecule has 24 heteroatoms. The first-order valence-corrected chi connectivity index (χ1v) is 18.9. The van der Waals surface area contributed by atoms with Crippen LogP contribution in [0.4, 0.5) is 32.2 Å². The van der Waals surface area contributed by atoms with Crippen molar-refractivity contribution in [2.24, 2.45) is 4.30 Å². The number of ketones is 1. The van der Waals surface area contributed by atoms with Crippen LogP contribution < -0.4 is 16.9 Å². The van der Waals surface area contributed by atoms with E-state index >= 15 is 0 Å². The number of ether oxygens (including phenoxy) is 1. The molecule has 5 heterocycles. The Morgan fingerprint density at radius 1 is 0.823 bits per heavy atom. The summed E-state index contributed by atoms with van der Waals surface area (Å²) in [6.07, 6.45) is -5.37. The van der Waals surface area contributed by atoms with E-state index in [2.05, 4.69) is 60.4 Å². The van der Waals surface area contributed by atoms with Crippen molar-refractivity contribution < 1.29 is 56.0 Å². The summed E-state index contributed by atoms with van der Waals surface area (Å²) in [5.74, 6) is -0.164. The molecule has 0 aromatic carbocycles. The molecule has 5 N–H and O–H groups in total. The molecule has 0 spiro atoms. The second-order valence-corrected chi connectivity index (χ2v) is 15.3. The van der Waals surface area contributed by atoms with Crippen molar-refractivity contribution in [3.8, 4) is 0 Å². The number of aliphatic hydroxyl groups is 3. The molecule has 0 aliphatic heterocycles. The molecule has 0 bridgehead atoms. The van der Waals surface area contributed by atoms with Crippen molar-refractivity contribution in [1.29, 1.82) is 0 Å². The molecule has 0 saturated carbocycles. The number of fused-ring (bicyclic) bond motifs is 2. The molecule has 0 saturated heterocycles. The summed E-state index contributed by atoms with van der Waals surface area (Å²) in [7, 11) is 4.34. The number of hydrogen-bond acceptors (Lipinski definition) is 14. The zero-order valence-electron chi connectivity index (χ0n) is 34.5. The molecular formula is C38H44BBrF6N7O8S. The Bertz CT molecular complexity index is 2460. The Hall–Kier alpha value is -5.04. The number of alkyl halides is 6. The molecule has 0 unspecified atom stereocenters. The summed E-state index contributed by atoms with van der Waals surface area (Å²) in [5.41, 5.74) is -0.892. The number of Topliss-reactive ketones (excluding diaryl/α,β-unsaturated/α-hetero) is 1. The topological polar surface area (TPSA) is 224 Å². The second kappa shape index (κ2) is 22.4. The van der Waals surface area contributed by atoms with Gasteiger partial charge in [0.05, 0.1) is 23.4 Å². The first-order chi connectivity index (χ1) is 28.2. The number of rotatable bonds is 6. The van der Waals surface area contributed by atoms with Crippen molar-refractivity contribution >= 4 is 65.2 Å². The number of nitrogen functional groups attached to an aromatic ring is 1. The quantitative estimate of drug-likeness (QED) is 0.0419. The minimum atomic E-state index is -4.74. The van der Waals surface area contributed by atoms with Gasteiger partial charge in [0, 0.05) is 24.7 Å². The van der Waals surface area contributed by atoms with Gasteiger partial charge >= 0.3 is 43.1 Å². The molecule has 0 aliphatic carbocycles. The fourth-order valence-electron chi connectivity index (χ4n) is 4.56. The molecule has 0 aliphatic rings. The van der Waals surface area contributed by atoms with Crippen LogP contribution in [0.25, 0.3) is 11.3 Å². The molecule has 15 nitrogen and oxygen atoms in total. The zero-order chi connectivity index (χ0) is 48.2. The number of esters is 1. The van der Waals surface area contributed by atoms with E-state index in [9.17, 15) is 60.8 Å². The van der Waals surface area contributed by atoms with E-state index in [1.54, 1.807) is 39.1 Å². The molecule has 0 fully saturated rings. The molecule has 5 aromatic rings. The van der Waals surface area contributed by atoms with Crippen molar-refractivity contribution in [2.75, 3.05) is 12.3 Å². The van der Waals surface area contributed by atoms with Crippen molar-refractivity contribution in [2.45, 2.75) is 91.0 Å². The van der Waals surface area contributed by atoms with E-state index in [0.717, 1.165) is 14.4 Å². The van der Waals surface area contributed by atoms with Crippen LogP contribution in [-0.2, 0) is 43.5 Å². The summed E-state index contributed by atoms with van der Waals surface area (Å²) in [5, 5.41) is 29.2. The number of hydrogen-bond donors (Lipinski definition) is 5. The molecule has 62 heavy (non-hydrogen) atoms. The van der Waals surface area contributed by atoms with Crippen LogP contribution in [0, 0.1) is 0 Å². The molecule has 337 valence electrons. The monoisotopic (exact) mass is 962 g/mol. The predicted molar refractivity (Wildman–Crippen MR) is 224 cm³/mol. The SMILES string of the molecule is CC(C)(O)c1ccn2c(=O)c(Br)c(C(F)(F)F)nc2c1.CC(C)(O)c1ccn2c(=O)cc(C(F)(F)F)nc2c1.CC(C)(O)c1ccnc(N)c1.CCOC(=O)CC(C)=O.[B]=NS. The van der Waals surface area contributed by atoms with E-state index in [-0.39, 0.29) is 23.5 Å². The Morgan fingerprint density at radius 2 is 1.27 bits per heavy atom. The summed E-state index contributed by atoms with van der Waals surface area (Å²) < 4.78 is 84.6. The number of anilines is 1.